The molecule has 1 aliphatic heterocycles. The van der Waals surface area contributed by atoms with Gasteiger partial charge in [0.2, 0.25) is 9.84 Å². The van der Waals surface area contributed by atoms with Crippen LogP contribution in [0, 0.1) is 6.92 Å². The first-order chi connectivity index (χ1) is 9.95. The van der Waals surface area contributed by atoms with Gasteiger partial charge in [0, 0.05) is 6.08 Å². The van der Waals surface area contributed by atoms with Crippen molar-refractivity contribution in [1.29, 1.82) is 0 Å². The zero-order valence-corrected chi connectivity index (χ0v) is 12.4. The summed E-state index contributed by atoms with van der Waals surface area (Å²) in [5.74, 6) is -0.586. The summed E-state index contributed by atoms with van der Waals surface area (Å²) in [7, 11) is -2.45. The highest BCUT2D eigenvalue weighted by Gasteiger charge is 2.37. The zero-order chi connectivity index (χ0) is 15.5. The van der Waals surface area contributed by atoms with E-state index in [1.165, 1.54) is 25.3 Å². The highest BCUT2D eigenvalue weighted by Crippen LogP contribution is 2.24. The Morgan fingerprint density at radius 1 is 1.33 bits per heavy atom. The SMILES string of the molecule is COC(=O)/C=C/[C@@H]1OC=N[C@H]1S(=O)(=O)c1ccc(C)cc1. The molecule has 2 rings (SSSR count). The molecule has 0 saturated carbocycles. The number of hydrogen-bond donors (Lipinski definition) is 0. The lowest BCUT2D eigenvalue weighted by Gasteiger charge is -2.14. The number of ether oxygens (including phenoxy) is 2. The van der Waals surface area contributed by atoms with Gasteiger partial charge in [0.15, 0.2) is 17.9 Å². The highest BCUT2D eigenvalue weighted by molar-refractivity contribution is 7.92. The van der Waals surface area contributed by atoms with Crippen molar-refractivity contribution in [3.05, 3.63) is 42.0 Å². The number of nitrogens with zero attached hydrogens (tertiary/aromatic N) is 1. The molecular weight excluding hydrogens is 294 g/mol. The van der Waals surface area contributed by atoms with E-state index < -0.39 is 27.3 Å². The van der Waals surface area contributed by atoms with Gasteiger partial charge in [-0.3, -0.25) is 0 Å². The Morgan fingerprint density at radius 3 is 2.62 bits per heavy atom. The molecule has 0 amide bonds. The highest BCUT2D eigenvalue weighted by atomic mass is 32.2. The molecule has 1 aliphatic rings. The molecule has 0 bridgehead atoms. The average molecular weight is 309 g/mol. The fourth-order valence-corrected chi connectivity index (χ4v) is 3.34. The summed E-state index contributed by atoms with van der Waals surface area (Å²) >= 11 is 0. The molecule has 0 fully saturated rings. The molecule has 0 aromatic heterocycles. The van der Waals surface area contributed by atoms with E-state index in [9.17, 15) is 13.2 Å². The van der Waals surface area contributed by atoms with Gasteiger partial charge in [-0.15, -0.1) is 0 Å². The maximum atomic E-state index is 12.5. The molecule has 0 saturated heterocycles. The van der Waals surface area contributed by atoms with Gasteiger partial charge >= 0.3 is 5.97 Å². The first kappa shape index (κ1) is 15.2. The molecule has 0 unspecified atom stereocenters. The van der Waals surface area contributed by atoms with Crippen LogP contribution < -0.4 is 0 Å². The van der Waals surface area contributed by atoms with Gasteiger partial charge in [-0.2, -0.15) is 0 Å². The quantitative estimate of drug-likeness (QED) is 0.617. The summed E-state index contributed by atoms with van der Waals surface area (Å²) in [6, 6.07) is 6.48. The summed E-state index contributed by atoms with van der Waals surface area (Å²) < 4.78 is 34.6. The van der Waals surface area contributed by atoms with Crippen molar-refractivity contribution in [3.8, 4) is 0 Å². The van der Waals surface area contributed by atoms with E-state index >= 15 is 0 Å². The Morgan fingerprint density at radius 2 is 2.00 bits per heavy atom. The first-order valence-corrected chi connectivity index (χ1v) is 7.73. The molecule has 0 N–H and O–H groups in total. The Kier molecular flexibility index (Phi) is 4.42. The van der Waals surface area contributed by atoms with E-state index in [0.717, 1.165) is 18.0 Å². The number of carbonyl (C=O) groups excluding carboxylic acids is 1. The number of aryl methyl sites for hydroxylation is 1. The standard InChI is InChI=1S/C14H15NO5S/c1-10-3-5-11(6-4-10)21(17,18)14-12(20-9-15-14)7-8-13(16)19-2/h3-9,12,14H,1-2H3/b8-7+/t12-,14-/m0/s1. The zero-order valence-electron chi connectivity index (χ0n) is 11.6. The molecule has 2 atom stereocenters. The van der Waals surface area contributed by atoms with Crippen LogP contribution in [-0.2, 0) is 24.1 Å². The molecule has 0 spiro atoms. The lowest BCUT2D eigenvalue weighted by Crippen LogP contribution is -2.29. The predicted molar refractivity (Wildman–Crippen MR) is 76.7 cm³/mol. The summed E-state index contributed by atoms with van der Waals surface area (Å²) in [5.41, 5.74) is 0.960. The number of aliphatic imine (C=N–C) groups is 1. The van der Waals surface area contributed by atoms with Crippen LogP contribution in [0.25, 0.3) is 0 Å². The third kappa shape index (κ3) is 3.30. The molecule has 0 aliphatic carbocycles. The van der Waals surface area contributed by atoms with E-state index in [1.807, 2.05) is 6.92 Å². The number of carbonyl (C=O) groups is 1. The maximum absolute atomic E-state index is 12.5. The largest absolute Gasteiger partial charge is 0.473 e. The molecule has 7 heteroatoms. The van der Waals surface area contributed by atoms with E-state index in [4.69, 9.17) is 4.74 Å². The fraction of sp³-hybridized carbons (Fsp3) is 0.286. The Bertz CT molecular complexity index is 676. The van der Waals surface area contributed by atoms with Gasteiger partial charge in [0.25, 0.3) is 0 Å². The number of esters is 1. The lowest BCUT2D eigenvalue weighted by molar-refractivity contribution is -0.134. The molecular formula is C14H15NO5S. The summed E-state index contributed by atoms with van der Waals surface area (Å²) in [6.07, 6.45) is 2.69. The van der Waals surface area contributed by atoms with Crippen molar-refractivity contribution < 1.29 is 22.7 Å². The normalized spacial score (nSPS) is 21.4. The summed E-state index contributed by atoms with van der Waals surface area (Å²) in [4.78, 5) is 15.1. The average Bonchev–Trinajstić information content (AvgIpc) is 2.94. The van der Waals surface area contributed by atoms with Gasteiger partial charge in [-0.1, -0.05) is 17.7 Å². The molecule has 112 valence electrons. The lowest BCUT2D eigenvalue weighted by atomic mass is 10.2. The van der Waals surface area contributed by atoms with Gasteiger partial charge in [-0.25, -0.2) is 18.2 Å². The molecule has 6 nitrogen and oxygen atoms in total. The van der Waals surface area contributed by atoms with Crippen molar-refractivity contribution in [1.82, 2.24) is 0 Å². The minimum atomic E-state index is -3.69. The van der Waals surface area contributed by atoms with Crippen molar-refractivity contribution >= 4 is 22.2 Å². The minimum Gasteiger partial charge on any atom is -0.473 e. The van der Waals surface area contributed by atoms with E-state index in [-0.39, 0.29) is 4.90 Å². The Labute approximate surface area is 123 Å². The number of methoxy groups -OCH3 is 1. The first-order valence-electron chi connectivity index (χ1n) is 6.19. The van der Waals surface area contributed by atoms with Gasteiger partial charge in [0.1, 0.15) is 0 Å². The second-order valence-corrected chi connectivity index (χ2v) is 6.53. The van der Waals surface area contributed by atoms with Crippen molar-refractivity contribution in [3.63, 3.8) is 0 Å². The molecule has 0 radical (unpaired) electrons. The predicted octanol–water partition coefficient (Wildman–Crippen LogP) is 1.25. The van der Waals surface area contributed by atoms with Gasteiger partial charge in [0.05, 0.1) is 12.0 Å². The maximum Gasteiger partial charge on any atom is 0.330 e. The minimum absolute atomic E-state index is 0.164. The number of hydrogen-bond acceptors (Lipinski definition) is 6. The molecule has 21 heavy (non-hydrogen) atoms. The fourth-order valence-electron chi connectivity index (χ4n) is 1.82. The molecule has 1 aromatic rings. The third-order valence-corrected chi connectivity index (χ3v) is 4.95. The van der Waals surface area contributed by atoms with Crippen LogP contribution in [0.4, 0.5) is 0 Å². The Balaban J connectivity index is 2.26. The smallest absolute Gasteiger partial charge is 0.330 e. The van der Waals surface area contributed by atoms with Crippen LogP contribution in [-0.4, -0.2) is 39.4 Å². The van der Waals surface area contributed by atoms with E-state index in [1.54, 1.807) is 12.1 Å². The third-order valence-electron chi connectivity index (χ3n) is 3.00. The van der Waals surface area contributed by atoms with Crippen LogP contribution in [0.1, 0.15) is 5.56 Å². The molecule has 1 aromatic carbocycles. The van der Waals surface area contributed by atoms with Crippen LogP contribution in [0.5, 0.6) is 0 Å². The van der Waals surface area contributed by atoms with Crippen molar-refractivity contribution in [2.75, 3.05) is 7.11 Å². The van der Waals surface area contributed by atoms with Crippen LogP contribution >= 0.6 is 0 Å². The number of rotatable bonds is 4. The van der Waals surface area contributed by atoms with Crippen LogP contribution in [0.15, 0.2) is 46.3 Å². The van der Waals surface area contributed by atoms with E-state index in [2.05, 4.69) is 9.73 Å². The van der Waals surface area contributed by atoms with Gasteiger partial charge in [-0.05, 0) is 25.1 Å². The van der Waals surface area contributed by atoms with Crippen molar-refractivity contribution in [2.24, 2.45) is 4.99 Å². The summed E-state index contributed by atoms with van der Waals surface area (Å²) in [6.45, 7) is 1.87. The van der Waals surface area contributed by atoms with Crippen molar-refractivity contribution in [2.45, 2.75) is 23.3 Å². The second kappa shape index (κ2) is 6.09. The summed E-state index contributed by atoms with van der Waals surface area (Å²) in [5, 5.41) is -1.11. The monoisotopic (exact) mass is 309 g/mol. The van der Waals surface area contributed by atoms with Gasteiger partial charge < -0.3 is 9.47 Å². The Hall–Kier alpha value is -2.15. The number of sulfone groups is 1. The second-order valence-electron chi connectivity index (χ2n) is 4.49. The van der Waals surface area contributed by atoms with Crippen LogP contribution in [0.3, 0.4) is 0 Å². The number of benzene rings is 1. The molecule has 1 heterocycles. The van der Waals surface area contributed by atoms with Crippen LogP contribution in [0.2, 0.25) is 0 Å². The van der Waals surface area contributed by atoms with E-state index in [0.29, 0.717) is 0 Å². The topological polar surface area (TPSA) is 82.0 Å².